The third-order valence-corrected chi connectivity index (χ3v) is 5.86. The van der Waals surface area contributed by atoms with Crippen LogP contribution in [0.25, 0.3) is 0 Å². The number of nitrogens with zero attached hydrogens (tertiary/aromatic N) is 3. The van der Waals surface area contributed by atoms with E-state index in [4.69, 9.17) is 0 Å². The van der Waals surface area contributed by atoms with Crippen molar-refractivity contribution in [3.63, 3.8) is 0 Å². The lowest BCUT2D eigenvalue weighted by atomic mass is 9.84. The van der Waals surface area contributed by atoms with Crippen LogP contribution in [0.2, 0.25) is 0 Å². The normalized spacial score (nSPS) is 25.4. The highest BCUT2D eigenvalue weighted by Crippen LogP contribution is 2.44. The molecule has 25 heavy (non-hydrogen) atoms. The minimum Gasteiger partial charge on any atom is -0.333 e. The number of amides is 1. The monoisotopic (exact) mass is 341 g/mol. The molecule has 2 saturated heterocycles. The number of aromatic nitrogens is 2. The zero-order valence-electron chi connectivity index (χ0n) is 15.0. The molecule has 2 aliphatic rings. The highest BCUT2D eigenvalue weighted by Gasteiger charge is 2.44. The fraction of sp³-hybridized carbons (Fsp3) is 0.500. The van der Waals surface area contributed by atoms with Gasteiger partial charge >= 0.3 is 0 Å². The molecule has 4 rings (SSSR count). The predicted octanol–water partition coefficient (Wildman–Crippen LogP) is 3.73. The molecule has 5 heteroatoms. The van der Waals surface area contributed by atoms with Gasteiger partial charge in [0.25, 0.3) is 5.91 Å². The standard InChI is InChI=1S/C20H24FN3O/c1-12-8-14(4-7-19(12)21)15-9-16-5-6-17(10-15)24(16)20(25)18-11-23(3)22-13(18)2/h4,7-8,11,15-17H,5-6,9-10H2,1-3H3/t15?,16-,17+. The molecule has 3 heterocycles. The van der Waals surface area contributed by atoms with Gasteiger partial charge in [-0.2, -0.15) is 5.10 Å². The SMILES string of the molecule is Cc1cc(C2C[C@H]3CC[C@@H](C2)N3C(=O)c2cn(C)nc2C)ccc1F. The number of hydrogen-bond acceptors (Lipinski definition) is 2. The van der Waals surface area contributed by atoms with Gasteiger partial charge in [0.15, 0.2) is 0 Å². The number of halogens is 1. The summed E-state index contributed by atoms with van der Waals surface area (Å²) in [4.78, 5) is 15.2. The van der Waals surface area contributed by atoms with Crippen molar-refractivity contribution in [2.45, 2.75) is 57.5 Å². The second kappa shape index (κ2) is 5.97. The van der Waals surface area contributed by atoms with Crippen molar-refractivity contribution in [1.82, 2.24) is 14.7 Å². The van der Waals surface area contributed by atoms with Crippen LogP contribution in [0, 0.1) is 19.7 Å². The summed E-state index contributed by atoms with van der Waals surface area (Å²) in [6, 6.07) is 6.02. The van der Waals surface area contributed by atoms with Crippen LogP contribution in [-0.2, 0) is 7.05 Å². The quantitative estimate of drug-likeness (QED) is 0.835. The average molecular weight is 341 g/mol. The Hall–Kier alpha value is -2.17. The van der Waals surface area contributed by atoms with Crippen molar-refractivity contribution < 1.29 is 9.18 Å². The Labute approximate surface area is 147 Å². The second-order valence-corrected chi connectivity index (χ2v) is 7.58. The molecule has 2 bridgehead atoms. The number of aryl methyl sites for hydroxylation is 3. The molecule has 0 saturated carbocycles. The van der Waals surface area contributed by atoms with Crippen LogP contribution < -0.4 is 0 Å². The summed E-state index contributed by atoms with van der Waals surface area (Å²) in [5.41, 5.74) is 3.42. The highest BCUT2D eigenvalue weighted by atomic mass is 19.1. The summed E-state index contributed by atoms with van der Waals surface area (Å²) in [6.45, 7) is 3.71. The fourth-order valence-electron chi connectivity index (χ4n) is 4.65. The van der Waals surface area contributed by atoms with Gasteiger partial charge in [-0.05, 0) is 62.6 Å². The molecular weight excluding hydrogens is 317 g/mol. The maximum Gasteiger partial charge on any atom is 0.257 e. The van der Waals surface area contributed by atoms with Gasteiger partial charge in [-0.15, -0.1) is 0 Å². The molecule has 1 unspecified atom stereocenters. The van der Waals surface area contributed by atoms with Crippen LogP contribution in [0.5, 0.6) is 0 Å². The Morgan fingerprint density at radius 2 is 1.88 bits per heavy atom. The fourth-order valence-corrected chi connectivity index (χ4v) is 4.65. The van der Waals surface area contributed by atoms with Crippen molar-refractivity contribution in [3.8, 4) is 0 Å². The first-order valence-corrected chi connectivity index (χ1v) is 9.03. The second-order valence-electron chi connectivity index (χ2n) is 7.58. The molecule has 2 aromatic rings. The van der Waals surface area contributed by atoms with Gasteiger partial charge < -0.3 is 4.90 Å². The highest BCUT2D eigenvalue weighted by molar-refractivity contribution is 5.95. The van der Waals surface area contributed by atoms with Gasteiger partial charge in [0.05, 0.1) is 11.3 Å². The average Bonchev–Trinajstić information content (AvgIpc) is 3.04. The van der Waals surface area contributed by atoms with E-state index in [1.54, 1.807) is 10.7 Å². The lowest BCUT2D eigenvalue weighted by Gasteiger charge is -2.39. The maximum atomic E-state index is 13.6. The van der Waals surface area contributed by atoms with Gasteiger partial charge in [-0.1, -0.05) is 12.1 Å². The first-order chi connectivity index (χ1) is 11.9. The van der Waals surface area contributed by atoms with E-state index in [1.165, 1.54) is 5.56 Å². The molecular formula is C20H24FN3O. The van der Waals surface area contributed by atoms with Crippen LogP contribution in [-0.4, -0.2) is 32.7 Å². The van der Waals surface area contributed by atoms with E-state index in [1.807, 2.05) is 39.2 Å². The van der Waals surface area contributed by atoms with Crippen LogP contribution in [0.4, 0.5) is 4.39 Å². The van der Waals surface area contributed by atoms with Crippen molar-refractivity contribution in [1.29, 1.82) is 0 Å². The van der Waals surface area contributed by atoms with Crippen LogP contribution in [0.1, 0.15) is 58.8 Å². The van der Waals surface area contributed by atoms with E-state index in [0.717, 1.165) is 36.9 Å². The zero-order valence-corrected chi connectivity index (χ0v) is 15.0. The molecule has 1 aromatic carbocycles. The number of piperidine rings is 1. The summed E-state index contributed by atoms with van der Waals surface area (Å²) in [5, 5.41) is 4.31. The first-order valence-electron chi connectivity index (χ1n) is 9.03. The number of carbonyl (C=O) groups excluding carboxylic acids is 1. The molecule has 4 nitrogen and oxygen atoms in total. The van der Waals surface area contributed by atoms with Crippen molar-refractivity contribution >= 4 is 5.91 Å². The zero-order chi connectivity index (χ0) is 17.7. The van der Waals surface area contributed by atoms with Gasteiger partial charge in [0, 0.05) is 25.3 Å². The predicted molar refractivity (Wildman–Crippen MR) is 94.0 cm³/mol. The van der Waals surface area contributed by atoms with E-state index in [2.05, 4.69) is 10.00 Å². The number of carbonyl (C=O) groups is 1. The molecule has 1 amide bonds. The molecule has 1 aromatic heterocycles. The van der Waals surface area contributed by atoms with Gasteiger partial charge in [-0.25, -0.2) is 4.39 Å². The van der Waals surface area contributed by atoms with Crippen molar-refractivity contribution in [3.05, 3.63) is 52.6 Å². The summed E-state index contributed by atoms with van der Waals surface area (Å²) in [7, 11) is 1.85. The third-order valence-electron chi connectivity index (χ3n) is 5.86. The lowest BCUT2D eigenvalue weighted by Crippen LogP contribution is -2.46. The molecule has 0 spiro atoms. The largest absolute Gasteiger partial charge is 0.333 e. The van der Waals surface area contributed by atoms with Crippen molar-refractivity contribution in [2.75, 3.05) is 0 Å². The van der Waals surface area contributed by atoms with Gasteiger partial charge in [0.1, 0.15) is 5.82 Å². The van der Waals surface area contributed by atoms with Gasteiger partial charge in [-0.3, -0.25) is 9.48 Å². The summed E-state index contributed by atoms with van der Waals surface area (Å²) in [6.07, 6.45) is 5.88. The summed E-state index contributed by atoms with van der Waals surface area (Å²) >= 11 is 0. The van der Waals surface area contributed by atoms with E-state index in [9.17, 15) is 9.18 Å². The van der Waals surface area contributed by atoms with Crippen molar-refractivity contribution in [2.24, 2.45) is 7.05 Å². The first kappa shape index (κ1) is 16.3. The molecule has 3 atom stereocenters. The van der Waals surface area contributed by atoms with E-state index in [0.29, 0.717) is 11.5 Å². The number of rotatable bonds is 2. The Morgan fingerprint density at radius 1 is 1.20 bits per heavy atom. The molecule has 132 valence electrons. The van der Waals surface area contributed by atoms with Crippen LogP contribution >= 0.6 is 0 Å². The smallest absolute Gasteiger partial charge is 0.257 e. The molecule has 0 aliphatic carbocycles. The Morgan fingerprint density at radius 3 is 2.44 bits per heavy atom. The van der Waals surface area contributed by atoms with Crippen LogP contribution in [0.3, 0.4) is 0 Å². The number of fused-ring (bicyclic) bond motifs is 2. The van der Waals surface area contributed by atoms with E-state index in [-0.39, 0.29) is 23.8 Å². The van der Waals surface area contributed by atoms with E-state index >= 15 is 0 Å². The minimum absolute atomic E-state index is 0.117. The Bertz CT molecular complexity index is 814. The maximum absolute atomic E-state index is 13.6. The molecule has 0 radical (unpaired) electrons. The minimum atomic E-state index is -0.147. The molecule has 2 fully saturated rings. The number of hydrogen-bond donors (Lipinski definition) is 0. The molecule has 0 N–H and O–H groups in total. The molecule has 2 aliphatic heterocycles. The summed E-state index contributed by atoms with van der Waals surface area (Å²) in [5.74, 6) is 0.383. The van der Waals surface area contributed by atoms with Crippen LogP contribution in [0.15, 0.2) is 24.4 Å². The number of benzene rings is 1. The van der Waals surface area contributed by atoms with Gasteiger partial charge in [0.2, 0.25) is 0 Å². The lowest BCUT2D eigenvalue weighted by molar-refractivity contribution is 0.0570. The Kier molecular flexibility index (Phi) is 3.89. The topological polar surface area (TPSA) is 38.1 Å². The van der Waals surface area contributed by atoms with E-state index < -0.39 is 0 Å². The summed E-state index contributed by atoms with van der Waals surface area (Å²) < 4.78 is 15.3. The Balaban J connectivity index is 1.57. The third kappa shape index (κ3) is 2.75.